The zero-order valence-electron chi connectivity index (χ0n) is 8.32. The van der Waals surface area contributed by atoms with E-state index in [1.54, 1.807) is 19.2 Å². The normalized spacial score (nSPS) is 12.5. The van der Waals surface area contributed by atoms with E-state index in [9.17, 15) is 10.2 Å². The lowest BCUT2D eigenvalue weighted by Gasteiger charge is -2.11. The number of hydrogen-bond acceptors (Lipinski definition) is 4. The van der Waals surface area contributed by atoms with Gasteiger partial charge in [-0.25, -0.2) is 0 Å². The number of aliphatic hydroxyl groups is 1. The van der Waals surface area contributed by atoms with Crippen molar-refractivity contribution in [2.75, 3.05) is 20.7 Å². The Bertz CT molecular complexity index is 301. The number of methoxy groups -OCH3 is 1. The fourth-order valence-electron chi connectivity index (χ4n) is 1.23. The van der Waals surface area contributed by atoms with Crippen LogP contribution in [-0.4, -0.2) is 30.9 Å². The molecule has 0 spiro atoms. The molecular weight excluding hydrogens is 182 g/mol. The molecular formula is C10H15NO3. The lowest BCUT2D eigenvalue weighted by Crippen LogP contribution is -2.16. The van der Waals surface area contributed by atoms with E-state index in [0.29, 0.717) is 17.9 Å². The van der Waals surface area contributed by atoms with Crippen LogP contribution in [-0.2, 0) is 0 Å². The standard InChI is InChI=1S/C10H15NO3/c1-11-6-9(13)7-3-4-10(14-2)8(12)5-7/h3-5,9,11-13H,6H2,1-2H3/t9-/m1/s1. The van der Waals surface area contributed by atoms with Gasteiger partial charge in [-0.1, -0.05) is 6.07 Å². The Morgan fingerprint density at radius 2 is 2.21 bits per heavy atom. The van der Waals surface area contributed by atoms with E-state index in [4.69, 9.17) is 4.74 Å². The summed E-state index contributed by atoms with van der Waals surface area (Å²) in [5.74, 6) is 0.450. The molecule has 1 aromatic rings. The number of aliphatic hydroxyl groups excluding tert-OH is 1. The van der Waals surface area contributed by atoms with Crippen LogP contribution in [0.5, 0.6) is 11.5 Å². The molecule has 0 saturated carbocycles. The maximum Gasteiger partial charge on any atom is 0.160 e. The quantitative estimate of drug-likeness (QED) is 0.663. The van der Waals surface area contributed by atoms with Gasteiger partial charge in [0.25, 0.3) is 0 Å². The van der Waals surface area contributed by atoms with E-state index >= 15 is 0 Å². The number of rotatable bonds is 4. The lowest BCUT2D eigenvalue weighted by molar-refractivity contribution is 0.177. The van der Waals surface area contributed by atoms with Gasteiger partial charge in [0.1, 0.15) is 0 Å². The minimum absolute atomic E-state index is 0.0418. The molecule has 0 bridgehead atoms. The molecule has 4 nitrogen and oxygen atoms in total. The average molecular weight is 197 g/mol. The van der Waals surface area contributed by atoms with Gasteiger partial charge in [0.05, 0.1) is 13.2 Å². The molecule has 0 aliphatic carbocycles. The van der Waals surface area contributed by atoms with Crippen LogP contribution in [0.1, 0.15) is 11.7 Å². The van der Waals surface area contributed by atoms with Crippen molar-refractivity contribution in [2.45, 2.75) is 6.10 Å². The van der Waals surface area contributed by atoms with Crippen molar-refractivity contribution in [3.8, 4) is 11.5 Å². The highest BCUT2D eigenvalue weighted by Crippen LogP contribution is 2.28. The van der Waals surface area contributed by atoms with Gasteiger partial charge in [-0.05, 0) is 24.7 Å². The molecule has 0 heterocycles. The SMILES string of the molecule is CNC[C@@H](O)c1ccc(OC)c(O)c1. The van der Waals surface area contributed by atoms with Crippen molar-refractivity contribution in [3.05, 3.63) is 23.8 Å². The van der Waals surface area contributed by atoms with Crippen LogP contribution in [0.25, 0.3) is 0 Å². The topological polar surface area (TPSA) is 61.7 Å². The van der Waals surface area contributed by atoms with Crippen molar-refractivity contribution in [3.63, 3.8) is 0 Å². The number of ether oxygens (including phenoxy) is 1. The summed E-state index contributed by atoms with van der Waals surface area (Å²) in [6.07, 6.45) is -0.614. The van der Waals surface area contributed by atoms with Crippen molar-refractivity contribution in [2.24, 2.45) is 0 Å². The molecule has 1 aromatic carbocycles. The summed E-state index contributed by atoms with van der Waals surface area (Å²) in [4.78, 5) is 0. The minimum atomic E-state index is -0.614. The largest absolute Gasteiger partial charge is 0.504 e. The molecule has 0 aromatic heterocycles. The first kappa shape index (κ1) is 10.8. The van der Waals surface area contributed by atoms with Crippen LogP contribution in [0.2, 0.25) is 0 Å². The minimum Gasteiger partial charge on any atom is -0.504 e. The fourth-order valence-corrected chi connectivity index (χ4v) is 1.23. The Morgan fingerprint density at radius 1 is 1.50 bits per heavy atom. The van der Waals surface area contributed by atoms with Crippen LogP contribution >= 0.6 is 0 Å². The molecule has 3 N–H and O–H groups in total. The molecule has 1 rings (SSSR count). The van der Waals surface area contributed by atoms with Crippen LogP contribution in [0.3, 0.4) is 0 Å². The summed E-state index contributed by atoms with van der Waals surface area (Å²) in [6, 6.07) is 4.85. The monoisotopic (exact) mass is 197 g/mol. The predicted octanol–water partition coefficient (Wildman–Crippen LogP) is 0.654. The van der Waals surface area contributed by atoms with E-state index in [2.05, 4.69) is 5.32 Å². The number of nitrogens with one attached hydrogen (secondary N) is 1. The van der Waals surface area contributed by atoms with Crippen molar-refractivity contribution in [1.29, 1.82) is 0 Å². The summed E-state index contributed by atoms with van der Waals surface area (Å²) in [7, 11) is 3.24. The second-order valence-corrected chi connectivity index (χ2v) is 3.00. The van der Waals surface area contributed by atoms with E-state index in [1.807, 2.05) is 0 Å². The van der Waals surface area contributed by atoms with Gasteiger partial charge in [-0.15, -0.1) is 0 Å². The van der Waals surface area contributed by atoms with Crippen LogP contribution in [0, 0.1) is 0 Å². The third-order valence-electron chi connectivity index (χ3n) is 1.99. The summed E-state index contributed by atoms with van der Waals surface area (Å²) in [6.45, 7) is 0.450. The summed E-state index contributed by atoms with van der Waals surface area (Å²) in [5.41, 5.74) is 0.664. The Labute approximate surface area is 83.1 Å². The molecule has 4 heteroatoms. The van der Waals surface area contributed by atoms with Gasteiger partial charge in [-0.3, -0.25) is 0 Å². The first-order chi connectivity index (χ1) is 6.69. The van der Waals surface area contributed by atoms with Crippen LogP contribution < -0.4 is 10.1 Å². The molecule has 0 fully saturated rings. The van der Waals surface area contributed by atoms with Crippen LogP contribution in [0.4, 0.5) is 0 Å². The first-order valence-electron chi connectivity index (χ1n) is 4.38. The smallest absolute Gasteiger partial charge is 0.160 e. The molecule has 0 amide bonds. The predicted molar refractivity (Wildman–Crippen MR) is 53.5 cm³/mol. The maximum absolute atomic E-state index is 9.59. The maximum atomic E-state index is 9.59. The Kier molecular flexibility index (Phi) is 3.73. The Morgan fingerprint density at radius 3 is 2.71 bits per heavy atom. The molecule has 0 aliphatic heterocycles. The number of likely N-dealkylation sites (N-methyl/N-ethyl adjacent to an activating group) is 1. The summed E-state index contributed by atoms with van der Waals surface area (Å²) in [5, 5.41) is 21.9. The summed E-state index contributed by atoms with van der Waals surface area (Å²) < 4.78 is 4.89. The average Bonchev–Trinajstić information content (AvgIpc) is 2.18. The van der Waals surface area contributed by atoms with E-state index < -0.39 is 6.10 Å². The molecule has 14 heavy (non-hydrogen) atoms. The van der Waals surface area contributed by atoms with Gasteiger partial charge in [0, 0.05) is 6.54 Å². The Balaban J connectivity index is 2.85. The van der Waals surface area contributed by atoms with Gasteiger partial charge in [0.15, 0.2) is 11.5 Å². The highest BCUT2D eigenvalue weighted by atomic mass is 16.5. The number of benzene rings is 1. The number of aromatic hydroxyl groups is 1. The number of hydrogen-bond donors (Lipinski definition) is 3. The van der Waals surface area contributed by atoms with Crippen molar-refractivity contribution < 1.29 is 14.9 Å². The van der Waals surface area contributed by atoms with Crippen molar-refractivity contribution >= 4 is 0 Å². The first-order valence-corrected chi connectivity index (χ1v) is 4.38. The van der Waals surface area contributed by atoms with Gasteiger partial charge < -0.3 is 20.3 Å². The molecule has 0 saturated heterocycles. The third-order valence-corrected chi connectivity index (χ3v) is 1.99. The number of phenolic OH excluding ortho intramolecular Hbond substituents is 1. The molecule has 0 unspecified atom stereocenters. The van der Waals surface area contributed by atoms with E-state index in [-0.39, 0.29) is 5.75 Å². The van der Waals surface area contributed by atoms with Gasteiger partial charge in [-0.2, -0.15) is 0 Å². The van der Waals surface area contributed by atoms with E-state index in [1.165, 1.54) is 13.2 Å². The lowest BCUT2D eigenvalue weighted by atomic mass is 10.1. The zero-order valence-corrected chi connectivity index (χ0v) is 8.32. The highest BCUT2D eigenvalue weighted by Gasteiger charge is 2.09. The molecule has 0 aliphatic rings. The molecule has 78 valence electrons. The number of phenols is 1. The third kappa shape index (κ3) is 2.37. The highest BCUT2D eigenvalue weighted by molar-refractivity contribution is 5.42. The molecule has 0 radical (unpaired) electrons. The van der Waals surface area contributed by atoms with Gasteiger partial charge in [0.2, 0.25) is 0 Å². The molecule has 1 atom stereocenters. The Hall–Kier alpha value is -1.26. The second kappa shape index (κ2) is 4.83. The summed E-state index contributed by atoms with van der Waals surface area (Å²) >= 11 is 0. The fraction of sp³-hybridized carbons (Fsp3) is 0.400. The van der Waals surface area contributed by atoms with Gasteiger partial charge >= 0.3 is 0 Å². The van der Waals surface area contributed by atoms with Crippen molar-refractivity contribution in [1.82, 2.24) is 5.32 Å². The zero-order chi connectivity index (χ0) is 10.6. The van der Waals surface area contributed by atoms with E-state index in [0.717, 1.165) is 0 Å². The second-order valence-electron chi connectivity index (χ2n) is 3.00. The van der Waals surface area contributed by atoms with Crippen LogP contribution in [0.15, 0.2) is 18.2 Å².